The number of hydrogen-bond donors (Lipinski definition) is 1. The zero-order chi connectivity index (χ0) is 16.3. The van der Waals surface area contributed by atoms with Crippen molar-refractivity contribution in [2.24, 2.45) is 0 Å². The zero-order valence-corrected chi connectivity index (χ0v) is 12.9. The first kappa shape index (κ1) is 16.7. The molecule has 0 aliphatic carbocycles. The summed E-state index contributed by atoms with van der Waals surface area (Å²) in [5.74, 6) is -2.14. The van der Waals surface area contributed by atoms with Crippen molar-refractivity contribution in [2.45, 2.75) is 12.5 Å². The van der Waals surface area contributed by atoms with E-state index in [-0.39, 0.29) is 22.1 Å². The molecular formula is C13H13ClFNO5S. The third-order valence-electron chi connectivity index (χ3n) is 3.08. The Morgan fingerprint density at radius 2 is 2.14 bits per heavy atom. The van der Waals surface area contributed by atoms with Crippen molar-refractivity contribution in [3.63, 3.8) is 0 Å². The number of hydrogen-bond acceptors (Lipinski definition) is 5. The molecule has 0 aromatic heterocycles. The van der Waals surface area contributed by atoms with Crippen LogP contribution >= 0.6 is 11.6 Å². The van der Waals surface area contributed by atoms with Crippen molar-refractivity contribution in [1.29, 1.82) is 0 Å². The van der Waals surface area contributed by atoms with Crippen LogP contribution in [0, 0.1) is 5.82 Å². The number of nitrogens with one attached hydrogen (secondary N) is 1. The smallest absolute Gasteiger partial charge is 0.340 e. The molecule has 1 aliphatic heterocycles. The summed E-state index contributed by atoms with van der Waals surface area (Å²) >= 11 is 5.70. The van der Waals surface area contributed by atoms with E-state index in [1.165, 1.54) is 0 Å². The molecule has 0 unspecified atom stereocenters. The Morgan fingerprint density at radius 3 is 2.73 bits per heavy atom. The molecule has 1 amide bonds. The standard InChI is InChI=1S/C13H13ClFNO5S/c14-11-5-8(15)1-2-10(11)13(18)21-6-12(17)16-9-3-4-22(19,20)7-9/h1-2,5,9H,3-4,6-7H2,(H,16,17)/t9-/m1/s1. The summed E-state index contributed by atoms with van der Waals surface area (Å²) in [6.07, 6.45) is 0.339. The third kappa shape index (κ3) is 4.41. The van der Waals surface area contributed by atoms with Crippen LogP contribution in [0.5, 0.6) is 0 Å². The molecule has 0 bridgehead atoms. The maximum Gasteiger partial charge on any atom is 0.340 e. The minimum atomic E-state index is -3.10. The highest BCUT2D eigenvalue weighted by atomic mass is 35.5. The fourth-order valence-corrected chi connectivity index (χ4v) is 3.96. The van der Waals surface area contributed by atoms with E-state index in [1.807, 2.05) is 0 Å². The molecular weight excluding hydrogens is 337 g/mol. The lowest BCUT2D eigenvalue weighted by Gasteiger charge is -2.11. The van der Waals surface area contributed by atoms with Gasteiger partial charge in [-0.05, 0) is 24.6 Å². The van der Waals surface area contributed by atoms with Crippen molar-refractivity contribution in [3.8, 4) is 0 Å². The Kier molecular flexibility index (Phi) is 5.02. The van der Waals surface area contributed by atoms with E-state index in [2.05, 4.69) is 5.32 Å². The Balaban J connectivity index is 1.84. The van der Waals surface area contributed by atoms with Crippen molar-refractivity contribution in [3.05, 3.63) is 34.6 Å². The molecule has 2 rings (SSSR count). The maximum absolute atomic E-state index is 12.9. The number of rotatable bonds is 4. The summed E-state index contributed by atoms with van der Waals surface area (Å²) < 4.78 is 40.1. The molecule has 1 aromatic rings. The maximum atomic E-state index is 12.9. The Hall–Kier alpha value is -1.67. The van der Waals surface area contributed by atoms with E-state index in [1.54, 1.807) is 0 Å². The average Bonchev–Trinajstić information content (AvgIpc) is 2.75. The Morgan fingerprint density at radius 1 is 1.41 bits per heavy atom. The number of ether oxygens (including phenoxy) is 1. The predicted octanol–water partition coefficient (Wildman–Crippen LogP) is 0.939. The van der Waals surface area contributed by atoms with Crippen molar-refractivity contribution < 1.29 is 27.1 Å². The molecule has 9 heteroatoms. The van der Waals surface area contributed by atoms with Gasteiger partial charge < -0.3 is 10.1 Å². The van der Waals surface area contributed by atoms with Gasteiger partial charge in [0.15, 0.2) is 16.4 Å². The van der Waals surface area contributed by atoms with E-state index in [4.69, 9.17) is 16.3 Å². The molecule has 1 aliphatic rings. The van der Waals surface area contributed by atoms with Gasteiger partial charge in [0, 0.05) is 6.04 Å². The number of carbonyl (C=O) groups excluding carboxylic acids is 2. The van der Waals surface area contributed by atoms with Crippen LogP contribution in [-0.2, 0) is 19.4 Å². The topological polar surface area (TPSA) is 89.5 Å². The fourth-order valence-electron chi connectivity index (χ4n) is 2.04. The molecule has 0 spiro atoms. The average molecular weight is 350 g/mol. The summed E-state index contributed by atoms with van der Waals surface area (Å²) in [6, 6.07) is 2.69. The van der Waals surface area contributed by atoms with Gasteiger partial charge in [0.25, 0.3) is 5.91 Å². The van der Waals surface area contributed by atoms with Crippen LogP contribution in [0.3, 0.4) is 0 Å². The minimum absolute atomic E-state index is 0.0307. The lowest BCUT2D eigenvalue weighted by atomic mass is 10.2. The fraction of sp³-hybridized carbons (Fsp3) is 0.385. The summed E-state index contributed by atoms with van der Waals surface area (Å²) in [5, 5.41) is 2.36. The van der Waals surface area contributed by atoms with E-state index in [0.29, 0.717) is 6.42 Å². The van der Waals surface area contributed by atoms with E-state index in [0.717, 1.165) is 18.2 Å². The van der Waals surface area contributed by atoms with Gasteiger partial charge >= 0.3 is 5.97 Å². The second-order valence-corrected chi connectivity index (χ2v) is 7.50. The molecule has 22 heavy (non-hydrogen) atoms. The molecule has 0 radical (unpaired) electrons. The van der Waals surface area contributed by atoms with Crippen LogP contribution in [0.1, 0.15) is 16.8 Å². The number of benzene rings is 1. The highest BCUT2D eigenvalue weighted by Gasteiger charge is 2.29. The number of sulfone groups is 1. The van der Waals surface area contributed by atoms with Gasteiger partial charge in [-0.2, -0.15) is 0 Å². The third-order valence-corrected chi connectivity index (χ3v) is 5.16. The summed E-state index contributed by atoms with van der Waals surface area (Å²) in [5.41, 5.74) is -0.0562. The van der Waals surface area contributed by atoms with Gasteiger partial charge in [0.2, 0.25) is 0 Å². The number of amides is 1. The van der Waals surface area contributed by atoms with E-state index < -0.39 is 40.2 Å². The monoisotopic (exact) mass is 349 g/mol. The predicted molar refractivity (Wildman–Crippen MR) is 76.9 cm³/mol. The lowest BCUT2D eigenvalue weighted by Crippen LogP contribution is -2.38. The van der Waals surface area contributed by atoms with Crippen LogP contribution in [-0.4, -0.2) is 44.4 Å². The summed E-state index contributed by atoms with van der Waals surface area (Å²) in [7, 11) is -3.10. The van der Waals surface area contributed by atoms with E-state index in [9.17, 15) is 22.4 Å². The molecule has 1 fully saturated rings. The second-order valence-electron chi connectivity index (χ2n) is 4.87. The first-order valence-corrected chi connectivity index (χ1v) is 8.59. The molecule has 6 nitrogen and oxygen atoms in total. The quantitative estimate of drug-likeness (QED) is 0.817. The van der Waals surface area contributed by atoms with Crippen LogP contribution < -0.4 is 5.32 Å². The molecule has 1 saturated heterocycles. The summed E-state index contributed by atoms with van der Waals surface area (Å²) in [4.78, 5) is 23.3. The second kappa shape index (κ2) is 6.62. The van der Waals surface area contributed by atoms with Gasteiger partial charge in [0.1, 0.15) is 5.82 Å². The molecule has 120 valence electrons. The van der Waals surface area contributed by atoms with Crippen LogP contribution in [0.2, 0.25) is 5.02 Å². The van der Waals surface area contributed by atoms with Gasteiger partial charge in [-0.1, -0.05) is 11.6 Å². The Bertz CT molecular complexity index is 706. The van der Waals surface area contributed by atoms with E-state index >= 15 is 0 Å². The van der Waals surface area contributed by atoms with Crippen LogP contribution in [0.4, 0.5) is 4.39 Å². The summed E-state index contributed by atoms with van der Waals surface area (Å²) in [6.45, 7) is -0.566. The number of esters is 1. The van der Waals surface area contributed by atoms with Crippen LogP contribution in [0.25, 0.3) is 0 Å². The number of halogens is 2. The minimum Gasteiger partial charge on any atom is -0.452 e. The first-order valence-electron chi connectivity index (χ1n) is 6.39. The van der Waals surface area contributed by atoms with Crippen molar-refractivity contribution >= 4 is 33.3 Å². The molecule has 1 N–H and O–H groups in total. The normalized spacial score (nSPS) is 19.6. The largest absolute Gasteiger partial charge is 0.452 e. The zero-order valence-electron chi connectivity index (χ0n) is 11.3. The van der Waals surface area contributed by atoms with Gasteiger partial charge in [-0.3, -0.25) is 4.79 Å². The molecule has 1 aromatic carbocycles. The van der Waals surface area contributed by atoms with Gasteiger partial charge in [0.05, 0.1) is 22.1 Å². The lowest BCUT2D eigenvalue weighted by molar-refractivity contribution is -0.124. The van der Waals surface area contributed by atoms with Crippen molar-refractivity contribution in [2.75, 3.05) is 18.1 Å². The first-order chi connectivity index (χ1) is 10.3. The SMILES string of the molecule is O=C(COC(=O)c1ccc(F)cc1Cl)N[C@@H]1CCS(=O)(=O)C1. The number of carbonyl (C=O) groups is 2. The van der Waals surface area contributed by atoms with Crippen molar-refractivity contribution in [1.82, 2.24) is 5.32 Å². The Labute approximate surface area is 131 Å². The van der Waals surface area contributed by atoms with Gasteiger partial charge in [-0.15, -0.1) is 0 Å². The van der Waals surface area contributed by atoms with Gasteiger partial charge in [-0.25, -0.2) is 17.6 Å². The van der Waals surface area contributed by atoms with Crippen LogP contribution in [0.15, 0.2) is 18.2 Å². The molecule has 0 saturated carbocycles. The molecule has 1 heterocycles. The highest BCUT2D eigenvalue weighted by Crippen LogP contribution is 2.18. The molecule has 1 atom stereocenters. The highest BCUT2D eigenvalue weighted by molar-refractivity contribution is 7.91.